The first kappa shape index (κ1) is 15.4. The molecule has 1 fully saturated rings. The van der Waals surface area contributed by atoms with E-state index in [1.54, 1.807) is 0 Å². The van der Waals surface area contributed by atoms with Crippen LogP contribution in [0.1, 0.15) is 46.5 Å². The Morgan fingerprint density at radius 2 is 1.89 bits per heavy atom. The number of carbonyl (C=O) groups is 1. The summed E-state index contributed by atoms with van der Waals surface area (Å²) in [6.07, 6.45) is 3.62. The summed E-state index contributed by atoms with van der Waals surface area (Å²) in [4.78, 5) is 12.3. The average molecular weight is 256 g/mol. The quantitative estimate of drug-likeness (QED) is 0.760. The van der Waals surface area contributed by atoms with Gasteiger partial charge in [-0.25, -0.2) is 0 Å². The number of hydrogen-bond acceptors (Lipinski definition) is 3. The molecule has 0 spiro atoms. The Bertz CT molecular complexity index is 261. The van der Waals surface area contributed by atoms with Crippen LogP contribution in [-0.4, -0.2) is 32.2 Å². The van der Waals surface area contributed by atoms with Crippen LogP contribution in [0.25, 0.3) is 0 Å². The lowest BCUT2D eigenvalue weighted by atomic mass is 9.79. The minimum Gasteiger partial charge on any atom is -0.381 e. The molecule has 0 bridgehead atoms. The van der Waals surface area contributed by atoms with E-state index in [2.05, 4.69) is 12.2 Å². The fourth-order valence-corrected chi connectivity index (χ4v) is 2.47. The Labute approximate surface area is 111 Å². The molecule has 18 heavy (non-hydrogen) atoms. The van der Waals surface area contributed by atoms with Crippen molar-refractivity contribution in [1.82, 2.24) is 5.32 Å². The van der Waals surface area contributed by atoms with Gasteiger partial charge in [-0.3, -0.25) is 4.79 Å². The first-order chi connectivity index (χ1) is 8.52. The van der Waals surface area contributed by atoms with Crippen molar-refractivity contribution in [2.75, 3.05) is 26.3 Å². The van der Waals surface area contributed by atoms with E-state index in [1.807, 2.05) is 13.8 Å². The van der Waals surface area contributed by atoms with Gasteiger partial charge in [-0.2, -0.15) is 0 Å². The molecule has 1 amide bonds. The standard InChI is InChI=1S/C14H28N2O2/c1-4-14(5-2,10-15)12(17)16-11-13(3)6-8-18-9-7-13/h4-11,15H2,1-3H3,(H,16,17). The van der Waals surface area contributed by atoms with Crippen LogP contribution in [0.15, 0.2) is 0 Å². The zero-order chi connectivity index (χ0) is 13.6. The van der Waals surface area contributed by atoms with Crippen LogP contribution < -0.4 is 11.1 Å². The first-order valence-corrected chi connectivity index (χ1v) is 7.08. The first-order valence-electron chi connectivity index (χ1n) is 7.08. The van der Waals surface area contributed by atoms with Crippen LogP contribution in [0.3, 0.4) is 0 Å². The van der Waals surface area contributed by atoms with Crippen LogP contribution >= 0.6 is 0 Å². The fourth-order valence-electron chi connectivity index (χ4n) is 2.47. The van der Waals surface area contributed by atoms with Crippen molar-refractivity contribution in [3.8, 4) is 0 Å². The smallest absolute Gasteiger partial charge is 0.227 e. The molecule has 0 unspecified atom stereocenters. The summed E-state index contributed by atoms with van der Waals surface area (Å²) >= 11 is 0. The molecule has 1 heterocycles. The summed E-state index contributed by atoms with van der Waals surface area (Å²) in [6.45, 7) is 9.05. The third kappa shape index (κ3) is 3.45. The highest BCUT2D eigenvalue weighted by Crippen LogP contribution is 2.30. The maximum atomic E-state index is 12.3. The number of rotatable bonds is 6. The van der Waals surface area contributed by atoms with E-state index in [-0.39, 0.29) is 16.7 Å². The van der Waals surface area contributed by atoms with E-state index >= 15 is 0 Å². The second-order valence-electron chi connectivity index (χ2n) is 5.80. The van der Waals surface area contributed by atoms with E-state index in [0.717, 1.165) is 45.4 Å². The lowest BCUT2D eigenvalue weighted by Crippen LogP contribution is -2.48. The normalized spacial score (nSPS) is 19.6. The lowest BCUT2D eigenvalue weighted by molar-refractivity contribution is -0.131. The Hall–Kier alpha value is -0.610. The molecule has 3 N–H and O–H groups in total. The third-order valence-electron chi connectivity index (χ3n) is 4.60. The second-order valence-corrected chi connectivity index (χ2v) is 5.80. The third-order valence-corrected chi connectivity index (χ3v) is 4.60. The van der Waals surface area contributed by atoms with Crippen molar-refractivity contribution >= 4 is 5.91 Å². The van der Waals surface area contributed by atoms with Gasteiger partial charge in [0.15, 0.2) is 0 Å². The van der Waals surface area contributed by atoms with Crippen LogP contribution in [-0.2, 0) is 9.53 Å². The van der Waals surface area contributed by atoms with Crippen molar-refractivity contribution in [3.05, 3.63) is 0 Å². The number of hydrogen-bond donors (Lipinski definition) is 2. The highest BCUT2D eigenvalue weighted by atomic mass is 16.5. The molecule has 4 heteroatoms. The van der Waals surface area contributed by atoms with Crippen LogP contribution in [0, 0.1) is 10.8 Å². The molecule has 1 aliphatic rings. The zero-order valence-electron chi connectivity index (χ0n) is 12.1. The van der Waals surface area contributed by atoms with Crippen molar-refractivity contribution < 1.29 is 9.53 Å². The second kappa shape index (κ2) is 6.53. The summed E-state index contributed by atoms with van der Waals surface area (Å²) in [6, 6.07) is 0. The molecule has 0 saturated carbocycles. The van der Waals surface area contributed by atoms with Gasteiger partial charge in [0, 0.05) is 26.3 Å². The van der Waals surface area contributed by atoms with Gasteiger partial charge in [0.2, 0.25) is 5.91 Å². The molecule has 0 aliphatic carbocycles. The van der Waals surface area contributed by atoms with Gasteiger partial charge in [0.05, 0.1) is 5.41 Å². The summed E-state index contributed by atoms with van der Waals surface area (Å²) in [5.74, 6) is 0.114. The number of amides is 1. The van der Waals surface area contributed by atoms with Crippen LogP contribution in [0.4, 0.5) is 0 Å². The molecule has 1 aliphatic heterocycles. The van der Waals surface area contributed by atoms with Gasteiger partial charge >= 0.3 is 0 Å². The van der Waals surface area contributed by atoms with Gasteiger partial charge in [-0.05, 0) is 31.1 Å². The van der Waals surface area contributed by atoms with E-state index in [9.17, 15) is 4.79 Å². The predicted molar refractivity (Wildman–Crippen MR) is 73.2 cm³/mol. The molecule has 1 rings (SSSR count). The van der Waals surface area contributed by atoms with Gasteiger partial charge < -0.3 is 15.8 Å². The average Bonchev–Trinajstić information content (AvgIpc) is 2.40. The van der Waals surface area contributed by atoms with Crippen LogP contribution in [0.5, 0.6) is 0 Å². The highest BCUT2D eigenvalue weighted by Gasteiger charge is 2.35. The molecular formula is C14H28N2O2. The van der Waals surface area contributed by atoms with E-state index in [0.29, 0.717) is 6.54 Å². The molecule has 0 aromatic rings. The maximum Gasteiger partial charge on any atom is 0.227 e. The molecule has 0 aromatic heterocycles. The largest absolute Gasteiger partial charge is 0.381 e. The van der Waals surface area contributed by atoms with E-state index in [1.165, 1.54) is 0 Å². The summed E-state index contributed by atoms with van der Waals surface area (Å²) < 4.78 is 5.37. The summed E-state index contributed by atoms with van der Waals surface area (Å²) in [5, 5.41) is 3.11. The molecule has 0 radical (unpaired) electrons. The fraction of sp³-hybridized carbons (Fsp3) is 0.929. The minimum absolute atomic E-state index is 0.114. The Morgan fingerprint density at radius 1 is 1.33 bits per heavy atom. The zero-order valence-corrected chi connectivity index (χ0v) is 12.1. The molecule has 1 saturated heterocycles. The van der Waals surface area contributed by atoms with Gasteiger partial charge in [0.25, 0.3) is 0 Å². The van der Waals surface area contributed by atoms with Crippen molar-refractivity contribution in [2.45, 2.75) is 46.5 Å². The predicted octanol–water partition coefficient (Wildman–Crippen LogP) is 1.68. The van der Waals surface area contributed by atoms with Gasteiger partial charge in [0.1, 0.15) is 0 Å². The molecule has 0 aromatic carbocycles. The number of ether oxygens (including phenoxy) is 1. The Morgan fingerprint density at radius 3 is 2.33 bits per heavy atom. The van der Waals surface area contributed by atoms with E-state index < -0.39 is 0 Å². The molecule has 4 nitrogen and oxygen atoms in total. The van der Waals surface area contributed by atoms with E-state index in [4.69, 9.17) is 10.5 Å². The van der Waals surface area contributed by atoms with Crippen molar-refractivity contribution in [3.63, 3.8) is 0 Å². The summed E-state index contributed by atoms with van der Waals surface area (Å²) in [5.41, 5.74) is 5.58. The van der Waals surface area contributed by atoms with Crippen molar-refractivity contribution in [2.24, 2.45) is 16.6 Å². The number of nitrogens with one attached hydrogen (secondary N) is 1. The Balaban J connectivity index is 2.53. The van der Waals surface area contributed by atoms with Crippen LogP contribution in [0.2, 0.25) is 0 Å². The SMILES string of the molecule is CCC(CC)(CN)C(=O)NCC1(C)CCOCC1. The topological polar surface area (TPSA) is 64.4 Å². The summed E-state index contributed by atoms with van der Waals surface area (Å²) in [7, 11) is 0. The lowest BCUT2D eigenvalue weighted by Gasteiger charge is -2.36. The van der Waals surface area contributed by atoms with Gasteiger partial charge in [-0.1, -0.05) is 20.8 Å². The maximum absolute atomic E-state index is 12.3. The Kier molecular flexibility index (Phi) is 5.60. The van der Waals surface area contributed by atoms with Gasteiger partial charge in [-0.15, -0.1) is 0 Å². The monoisotopic (exact) mass is 256 g/mol. The minimum atomic E-state index is -0.387. The molecular weight excluding hydrogens is 228 g/mol. The highest BCUT2D eigenvalue weighted by molar-refractivity contribution is 5.82. The number of nitrogens with two attached hydrogens (primary N) is 1. The molecule has 0 atom stereocenters. The number of carbonyl (C=O) groups excluding carboxylic acids is 1. The van der Waals surface area contributed by atoms with Crippen molar-refractivity contribution in [1.29, 1.82) is 0 Å². The molecule has 106 valence electrons.